The lowest BCUT2D eigenvalue weighted by molar-refractivity contribution is -0.115. The van der Waals surface area contributed by atoms with Crippen LogP contribution >= 0.6 is 12.4 Å². The van der Waals surface area contributed by atoms with Crippen molar-refractivity contribution in [2.45, 2.75) is 32.1 Å². The molecule has 148 valence electrons. The molecule has 2 aliphatic rings. The van der Waals surface area contributed by atoms with Gasteiger partial charge in [-0.25, -0.2) is 4.79 Å². The third-order valence-corrected chi connectivity index (χ3v) is 5.13. The highest BCUT2D eigenvalue weighted by Crippen LogP contribution is 2.27. The summed E-state index contributed by atoms with van der Waals surface area (Å²) >= 11 is 0. The SMILES string of the molecule is Cc1cc(C2CCNCC2)oc(=O)c1C(=O)Nc1ccc2c(c1)NC(=O)C2.Cl. The van der Waals surface area contributed by atoms with Gasteiger partial charge in [-0.15, -0.1) is 12.4 Å². The molecule has 1 aromatic carbocycles. The van der Waals surface area contributed by atoms with Crippen LogP contribution in [0, 0.1) is 6.92 Å². The third-order valence-electron chi connectivity index (χ3n) is 5.13. The summed E-state index contributed by atoms with van der Waals surface area (Å²) < 4.78 is 5.47. The van der Waals surface area contributed by atoms with Crippen molar-refractivity contribution >= 4 is 35.6 Å². The first kappa shape index (κ1) is 20.1. The van der Waals surface area contributed by atoms with Crippen molar-refractivity contribution < 1.29 is 14.0 Å². The van der Waals surface area contributed by atoms with E-state index in [2.05, 4.69) is 16.0 Å². The molecule has 2 amide bonds. The number of rotatable bonds is 3. The second kappa shape index (κ2) is 8.16. The number of anilines is 2. The van der Waals surface area contributed by atoms with E-state index < -0.39 is 11.5 Å². The third kappa shape index (κ3) is 3.95. The van der Waals surface area contributed by atoms with E-state index in [0.717, 1.165) is 31.5 Å². The van der Waals surface area contributed by atoms with Gasteiger partial charge in [0, 0.05) is 17.3 Å². The minimum Gasteiger partial charge on any atom is -0.427 e. The summed E-state index contributed by atoms with van der Waals surface area (Å²) in [5.41, 5.74) is 2.09. The van der Waals surface area contributed by atoms with Crippen LogP contribution < -0.4 is 21.6 Å². The van der Waals surface area contributed by atoms with Crippen molar-refractivity contribution in [3.8, 4) is 0 Å². The summed E-state index contributed by atoms with van der Waals surface area (Å²) in [4.78, 5) is 36.6. The molecule has 1 saturated heterocycles. The van der Waals surface area contributed by atoms with Gasteiger partial charge >= 0.3 is 5.63 Å². The highest BCUT2D eigenvalue weighted by molar-refractivity contribution is 6.06. The maximum Gasteiger partial charge on any atom is 0.349 e. The van der Waals surface area contributed by atoms with Crippen LogP contribution in [0.2, 0.25) is 0 Å². The topological polar surface area (TPSA) is 100 Å². The number of fused-ring (bicyclic) bond motifs is 1. The molecule has 0 atom stereocenters. The van der Waals surface area contributed by atoms with Crippen molar-refractivity contribution in [3.63, 3.8) is 0 Å². The number of benzene rings is 1. The average Bonchev–Trinajstić information content (AvgIpc) is 3.01. The molecule has 0 spiro atoms. The van der Waals surface area contributed by atoms with E-state index in [1.165, 1.54) is 0 Å². The number of hydrogen-bond donors (Lipinski definition) is 3. The minimum atomic E-state index is -0.615. The number of amides is 2. The zero-order valence-corrected chi connectivity index (χ0v) is 16.3. The van der Waals surface area contributed by atoms with Gasteiger partial charge in [-0.3, -0.25) is 9.59 Å². The lowest BCUT2D eigenvalue weighted by Gasteiger charge is -2.22. The van der Waals surface area contributed by atoms with E-state index in [1.807, 2.05) is 0 Å². The number of piperidine rings is 1. The number of hydrogen-bond acceptors (Lipinski definition) is 5. The number of halogens is 1. The van der Waals surface area contributed by atoms with Crippen LogP contribution in [0.4, 0.5) is 11.4 Å². The van der Waals surface area contributed by atoms with Crippen LogP contribution in [-0.4, -0.2) is 24.9 Å². The first-order chi connectivity index (χ1) is 13.0. The van der Waals surface area contributed by atoms with Gasteiger partial charge in [0.25, 0.3) is 5.91 Å². The van der Waals surface area contributed by atoms with Gasteiger partial charge in [-0.1, -0.05) is 6.07 Å². The first-order valence-corrected chi connectivity index (χ1v) is 9.11. The van der Waals surface area contributed by atoms with Gasteiger partial charge in [0.1, 0.15) is 11.3 Å². The van der Waals surface area contributed by atoms with E-state index in [-0.39, 0.29) is 29.8 Å². The van der Waals surface area contributed by atoms with Crippen molar-refractivity contribution in [3.05, 3.63) is 57.1 Å². The van der Waals surface area contributed by atoms with Gasteiger partial charge in [0.15, 0.2) is 0 Å². The monoisotopic (exact) mass is 403 g/mol. The number of carbonyl (C=O) groups is 2. The Bertz CT molecular complexity index is 980. The molecule has 28 heavy (non-hydrogen) atoms. The Labute approximate surface area is 168 Å². The maximum absolute atomic E-state index is 12.6. The fourth-order valence-corrected chi connectivity index (χ4v) is 3.70. The second-order valence-corrected chi connectivity index (χ2v) is 7.07. The molecule has 3 N–H and O–H groups in total. The zero-order valence-electron chi connectivity index (χ0n) is 15.5. The quantitative estimate of drug-likeness (QED) is 0.731. The Hall–Kier alpha value is -2.64. The largest absolute Gasteiger partial charge is 0.427 e. The smallest absolute Gasteiger partial charge is 0.349 e. The highest BCUT2D eigenvalue weighted by Gasteiger charge is 2.23. The molecule has 1 fully saturated rings. The molecule has 2 aliphatic heterocycles. The standard InChI is InChI=1S/C20H21N3O4.ClH/c1-11-8-16(12-4-6-21-7-5-12)27-20(26)18(11)19(25)22-14-3-2-13-9-17(24)23-15(13)10-14;/h2-3,8,10,12,21H,4-7,9H2,1H3,(H,22,25)(H,23,24);1H. The maximum atomic E-state index is 12.6. The van der Waals surface area contributed by atoms with E-state index in [1.54, 1.807) is 31.2 Å². The molecule has 0 aliphatic carbocycles. The molecule has 0 bridgehead atoms. The van der Waals surface area contributed by atoms with E-state index >= 15 is 0 Å². The van der Waals surface area contributed by atoms with Gasteiger partial charge in [0.05, 0.1) is 6.42 Å². The molecule has 3 heterocycles. The van der Waals surface area contributed by atoms with Crippen molar-refractivity contribution in [1.29, 1.82) is 0 Å². The van der Waals surface area contributed by atoms with Crippen molar-refractivity contribution in [1.82, 2.24) is 5.32 Å². The molecule has 2 aromatic rings. The van der Waals surface area contributed by atoms with Crippen LogP contribution in [0.3, 0.4) is 0 Å². The highest BCUT2D eigenvalue weighted by atomic mass is 35.5. The summed E-state index contributed by atoms with van der Waals surface area (Å²) in [5.74, 6) is 0.270. The molecule has 7 nitrogen and oxygen atoms in total. The molecule has 1 aromatic heterocycles. The normalized spacial score (nSPS) is 16.1. The number of aryl methyl sites for hydroxylation is 1. The van der Waals surface area contributed by atoms with Crippen LogP contribution in [0.1, 0.15) is 46.0 Å². The molecule has 0 saturated carbocycles. The van der Waals surface area contributed by atoms with Crippen LogP contribution in [0.5, 0.6) is 0 Å². The van der Waals surface area contributed by atoms with Gasteiger partial charge in [-0.2, -0.15) is 0 Å². The summed E-state index contributed by atoms with van der Waals surface area (Å²) in [6.07, 6.45) is 2.16. The van der Waals surface area contributed by atoms with Gasteiger partial charge in [0.2, 0.25) is 5.91 Å². The Balaban J connectivity index is 0.00000225. The zero-order chi connectivity index (χ0) is 19.0. The van der Waals surface area contributed by atoms with Crippen LogP contribution in [-0.2, 0) is 11.2 Å². The lowest BCUT2D eigenvalue weighted by atomic mass is 9.94. The molecule has 8 heteroatoms. The fraction of sp³-hybridized carbons (Fsp3) is 0.350. The van der Waals surface area contributed by atoms with Crippen molar-refractivity contribution in [2.24, 2.45) is 0 Å². The molecular weight excluding hydrogens is 382 g/mol. The van der Waals surface area contributed by atoms with E-state index in [4.69, 9.17) is 4.42 Å². The second-order valence-electron chi connectivity index (χ2n) is 7.07. The Kier molecular flexibility index (Phi) is 5.86. The van der Waals surface area contributed by atoms with Crippen LogP contribution in [0.15, 0.2) is 33.5 Å². The molecular formula is C20H22ClN3O4. The average molecular weight is 404 g/mol. The molecule has 0 unspecified atom stereocenters. The Morgan fingerprint density at radius 3 is 2.64 bits per heavy atom. The predicted octanol–water partition coefficient (Wildman–Crippen LogP) is 2.58. The van der Waals surface area contributed by atoms with E-state index in [9.17, 15) is 14.4 Å². The van der Waals surface area contributed by atoms with Crippen LogP contribution in [0.25, 0.3) is 0 Å². The summed E-state index contributed by atoms with van der Waals surface area (Å²) in [5, 5.41) is 8.75. The predicted molar refractivity (Wildman–Crippen MR) is 109 cm³/mol. The first-order valence-electron chi connectivity index (χ1n) is 9.11. The van der Waals surface area contributed by atoms with Crippen molar-refractivity contribution in [2.75, 3.05) is 23.7 Å². The summed E-state index contributed by atoms with van der Waals surface area (Å²) in [7, 11) is 0. The number of nitrogens with one attached hydrogen (secondary N) is 3. The van der Waals surface area contributed by atoms with Gasteiger partial charge in [-0.05, 0) is 62.2 Å². The lowest BCUT2D eigenvalue weighted by Crippen LogP contribution is -2.28. The summed E-state index contributed by atoms with van der Waals surface area (Å²) in [6.45, 7) is 3.54. The van der Waals surface area contributed by atoms with E-state index in [0.29, 0.717) is 29.1 Å². The Morgan fingerprint density at radius 2 is 1.93 bits per heavy atom. The molecule has 4 rings (SSSR count). The fourth-order valence-electron chi connectivity index (χ4n) is 3.70. The minimum absolute atomic E-state index is 0. The molecule has 0 radical (unpaired) electrons. The van der Waals surface area contributed by atoms with Gasteiger partial charge < -0.3 is 20.4 Å². The number of carbonyl (C=O) groups excluding carboxylic acids is 2. The summed E-state index contributed by atoms with van der Waals surface area (Å²) in [6, 6.07) is 7.00. The Morgan fingerprint density at radius 1 is 1.18 bits per heavy atom.